The molecular weight excluding hydrogens is 498 g/mol. The molecule has 6 rings (SSSR count). The Labute approximate surface area is 212 Å². The molecule has 0 atom stereocenters. The van der Waals surface area contributed by atoms with Crippen LogP contribution in [0, 0.1) is 0 Å². The third-order valence-electron chi connectivity index (χ3n) is 6.51. The number of sulfonamides is 1. The van der Waals surface area contributed by atoms with Crippen molar-refractivity contribution in [2.24, 2.45) is 12.0 Å². The fourth-order valence-electron chi connectivity index (χ4n) is 4.52. The Hall–Kier alpha value is -3.47. The molecule has 10 heteroatoms. The van der Waals surface area contributed by atoms with E-state index in [9.17, 15) is 13.2 Å². The molecule has 184 valence electrons. The third-order valence-corrected chi connectivity index (χ3v) is 9.46. The number of aromatic nitrogens is 1. The second kappa shape index (κ2) is 8.88. The Morgan fingerprint density at radius 1 is 0.972 bits per heavy atom. The molecule has 8 nitrogen and oxygen atoms in total. The van der Waals surface area contributed by atoms with E-state index < -0.39 is 15.9 Å². The first kappa shape index (κ1) is 23.0. The Kier molecular flexibility index (Phi) is 5.66. The topological polar surface area (TPSA) is 90.2 Å². The molecule has 1 amide bonds. The zero-order chi connectivity index (χ0) is 24.9. The summed E-state index contributed by atoms with van der Waals surface area (Å²) in [7, 11) is -1.83. The number of nitrogens with zero attached hydrogens (tertiary/aromatic N) is 3. The summed E-state index contributed by atoms with van der Waals surface area (Å²) >= 11 is 1.38. The van der Waals surface area contributed by atoms with E-state index in [1.807, 2.05) is 48.0 Å². The van der Waals surface area contributed by atoms with Gasteiger partial charge in [-0.1, -0.05) is 35.6 Å². The second-order valence-corrected chi connectivity index (χ2v) is 11.7. The summed E-state index contributed by atoms with van der Waals surface area (Å²) in [5, 5.41) is 0. The molecule has 3 heterocycles. The number of amides is 1. The summed E-state index contributed by atoms with van der Waals surface area (Å²) in [5.41, 5.74) is 3.41. The molecule has 3 aromatic carbocycles. The quantitative estimate of drug-likeness (QED) is 0.412. The van der Waals surface area contributed by atoms with E-state index >= 15 is 0 Å². The van der Waals surface area contributed by atoms with E-state index in [0.717, 1.165) is 15.8 Å². The lowest BCUT2D eigenvalue weighted by Crippen LogP contribution is -2.35. The Balaban J connectivity index is 1.26. The Morgan fingerprint density at radius 3 is 2.42 bits per heavy atom. The third kappa shape index (κ3) is 4.01. The molecule has 2 aliphatic heterocycles. The van der Waals surface area contributed by atoms with Crippen LogP contribution in [-0.2, 0) is 30.0 Å². The van der Waals surface area contributed by atoms with Gasteiger partial charge in [0.05, 0.1) is 15.1 Å². The lowest BCUT2D eigenvalue weighted by molar-refractivity contribution is 0.0998. The minimum absolute atomic E-state index is 0.163. The maximum absolute atomic E-state index is 13.2. The van der Waals surface area contributed by atoms with Crippen molar-refractivity contribution in [1.82, 2.24) is 8.87 Å². The molecule has 0 saturated heterocycles. The summed E-state index contributed by atoms with van der Waals surface area (Å²) in [5.74, 6) is 0.918. The smallest absolute Gasteiger partial charge is 0.279 e. The molecule has 0 radical (unpaired) electrons. The largest absolute Gasteiger partial charge is 0.486 e. The van der Waals surface area contributed by atoms with Crippen LogP contribution in [0.1, 0.15) is 21.5 Å². The summed E-state index contributed by atoms with van der Waals surface area (Å²) in [4.78, 5) is 17.9. The Morgan fingerprint density at radius 2 is 1.67 bits per heavy atom. The number of carbonyl (C=O) groups is 1. The van der Waals surface area contributed by atoms with Gasteiger partial charge in [-0.15, -0.1) is 0 Å². The summed E-state index contributed by atoms with van der Waals surface area (Å²) in [6.45, 7) is 1.77. The highest BCUT2D eigenvalue weighted by Crippen LogP contribution is 2.35. The van der Waals surface area contributed by atoms with Crippen molar-refractivity contribution in [3.63, 3.8) is 0 Å². The van der Waals surface area contributed by atoms with Gasteiger partial charge < -0.3 is 14.0 Å². The Bertz CT molecular complexity index is 1670. The van der Waals surface area contributed by atoms with Crippen molar-refractivity contribution in [1.29, 1.82) is 0 Å². The standard InChI is InChI=1S/C26H23N3O5S2/c1-28-21-14-22-23(34-13-12-33-22)15-24(21)35-26(28)27-25(30)18-6-8-20(9-7-18)36(31,32)29-11-10-17-4-2-3-5-19(17)16-29/h2-9,14-15H,10-13,16H2,1H3. The fraction of sp³-hybridized carbons (Fsp3) is 0.231. The van der Waals surface area contributed by atoms with Crippen molar-refractivity contribution in [3.8, 4) is 11.5 Å². The molecule has 0 N–H and O–H groups in total. The van der Waals surface area contributed by atoms with E-state index in [1.165, 1.54) is 45.5 Å². The van der Waals surface area contributed by atoms with Crippen molar-refractivity contribution in [2.75, 3.05) is 19.8 Å². The van der Waals surface area contributed by atoms with E-state index in [-0.39, 0.29) is 4.90 Å². The second-order valence-electron chi connectivity index (χ2n) is 8.71. The monoisotopic (exact) mass is 521 g/mol. The summed E-state index contributed by atoms with van der Waals surface area (Å²) in [6.07, 6.45) is 0.679. The molecule has 0 bridgehead atoms. The molecule has 0 saturated carbocycles. The molecule has 2 aliphatic rings. The minimum atomic E-state index is -3.67. The van der Waals surface area contributed by atoms with Crippen LogP contribution < -0.4 is 14.3 Å². The van der Waals surface area contributed by atoms with Gasteiger partial charge in [0.2, 0.25) is 10.0 Å². The van der Waals surface area contributed by atoms with Crippen molar-refractivity contribution in [2.45, 2.75) is 17.9 Å². The lowest BCUT2D eigenvalue weighted by atomic mass is 10.0. The highest BCUT2D eigenvalue weighted by Gasteiger charge is 2.28. The van der Waals surface area contributed by atoms with Crippen LogP contribution in [0.15, 0.2) is 70.6 Å². The van der Waals surface area contributed by atoms with Gasteiger partial charge in [-0.3, -0.25) is 4.79 Å². The van der Waals surface area contributed by atoms with Gasteiger partial charge in [-0.2, -0.15) is 9.30 Å². The van der Waals surface area contributed by atoms with Gasteiger partial charge in [0.15, 0.2) is 16.3 Å². The number of hydrogen-bond acceptors (Lipinski definition) is 6. The van der Waals surface area contributed by atoms with E-state index in [1.54, 1.807) is 0 Å². The predicted octanol–water partition coefficient (Wildman–Crippen LogP) is 3.50. The number of benzene rings is 3. The molecule has 1 aromatic heterocycles. The summed E-state index contributed by atoms with van der Waals surface area (Å²) in [6, 6.07) is 17.7. The average molecular weight is 522 g/mol. The number of thiazole rings is 1. The highest BCUT2D eigenvalue weighted by molar-refractivity contribution is 7.89. The number of fused-ring (bicyclic) bond motifs is 3. The zero-order valence-corrected chi connectivity index (χ0v) is 21.1. The normalized spacial score (nSPS) is 16.2. The van der Waals surface area contributed by atoms with Gasteiger partial charge in [0, 0.05) is 37.8 Å². The molecule has 0 spiro atoms. The van der Waals surface area contributed by atoms with Crippen LogP contribution >= 0.6 is 11.3 Å². The number of rotatable bonds is 3. The van der Waals surface area contributed by atoms with Crippen LogP contribution in [0.25, 0.3) is 10.2 Å². The number of carbonyl (C=O) groups excluding carboxylic acids is 1. The predicted molar refractivity (Wildman–Crippen MR) is 136 cm³/mol. The van der Waals surface area contributed by atoms with Gasteiger partial charge >= 0.3 is 0 Å². The van der Waals surface area contributed by atoms with Crippen LogP contribution in [0.4, 0.5) is 0 Å². The van der Waals surface area contributed by atoms with Gasteiger partial charge in [0.1, 0.15) is 13.2 Å². The number of ether oxygens (including phenoxy) is 2. The number of aryl methyl sites for hydroxylation is 1. The number of hydrogen-bond donors (Lipinski definition) is 0. The van der Waals surface area contributed by atoms with E-state index in [0.29, 0.717) is 54.6 Å². The summed E-state index contributed by atoms with van der Waals surface area (Å²) < 4.78 is 42.0. The first-order valence-corrected chi connectivity index (χ1v) is 13.8. The fourth-order valence-corrected chi connectivity index (χ4v) is 6.96. The maximum Gasteiger partial charge on any atom is 0.279 e. The van der Waals surface area contributed by atoms with Gasteiger partial charge in [-0.25, -0.2) is 8.42 Å². The SMILES string of the molecule is Cn1c(=NC(=O)c2ccc(S(=O)(=O)N3CCc4ccccc4C3)cc2)sc2cc3c(cc21)OCCO3. The van der Waals surface area contributed by atoms with Gasteiger partial charge in [0.25, 0.3) is 5.91 Å². The van der Waals surface area contributed by atoms with Crippen molar-refractivity contribution in [3.05, 3.63) is 82.2 Å². The van der Waals surface area contributed by atoms with Gasteiger partial charge in [-0.05, 0) is 41.8 Å². The van der Waals surface area contributed by atoms with E-state index in [2.05, 4.69) is 4.99 Å². The van der Waals surface area contributed by atoms with E-state index in [4.69, 9.17) is 9.47 Å². The van der Waals surface area contributed by atoms with Crippen LogP contribution in [0.2, 0.25) is 0 Å². The van der Waals surface area contributed by atoms with Crippen LogP contribution in [-0.4, -0.2) is 43.0 Å². The lowest BCUT2D eigenvalue weighted by Gasteiger charge is -2.28. The molecule has 4 aromatic rings. The van der Waals surface area contributed by atoms with Crippen molar-refractivity contribution >= 4 is 37.5 Å². The van der Waals surface area contributed by atoms with Crippen molar-refractivity contribution < 1.29 is 22.7 Å². The molecule has 0 fully saturated rings. The molecule has 0 aliphatic carbocycles. The highest BCUT2D eigenvalue weighted by atomic mass is 32.2. The average Bonchev–Trinajstić information content (AvgIpc) is 3.20. The maximum atomic E-state index is 13.2. The molecule has 36 heavy (non-hydrogen) atoms. The van der Waals surface area contributed by atoms with Crippen LogP contribution in [0.5, 0.6) is 11.5 Å². The van der Waals surface area contributed by atoms with Crippen LogP contribution in [0.3, 0.4) is 0 Å². The molecular formula is C26H23N3O5S2. The first-order chi connectivity index (χ1) is 17.4. The molecule has 0 unspecified atom stereocenters. The minimum Gasteiger partial charge on any atom is -0.486 e. The zero-order valence-electron chi connectivity index (χ0n) is 19.5. The first-order valence-electron chi connectivity index (χ1n) is 11.6.